The van der Waals surface area contributed by atoms with E-state index < -0.39 is 0 Å². The minimum absolute atomic E-state index is 0. The molecule has 1 N–H and O–H groups in total. The molecular formula is C5H4NOY-. The molecule has 0 aliphatic heterocycles. The molecule has 0 saturated heterocycles. The molecule has 0 saturated carbocycles. The van der Waals surface area contributed by atoms with Crippen LogP contribution in [-0.2, 0) is 32.7 Å². The quantitative estimate of drug-likeness (QED) is 0.571. The maximum atomic E-state index is 10.2. The minimum atomic E-state index is -0.109. The fourth-order valence-electron chi connectivity index (χ4n) is 0.338. The van der Waals surface area contributed by atoms with E-state index in [1.807, 2.05) is 0 Å². The number of rotatable bonds is 0. The zero-order valence-corrected chi connectivity index (χ0v) is 7.06. The topological polar surface area (TPSA) is 32.9 Å². The predicted molar refractivity (Wildman–Crippen MR) is 25.9 cm³/mol. The van der Waals surface area contributed by atoms with Crippen LogP contribution in [-0.4, -0.2) is 4.98 Å². The Labute approximate surface area is 72.2 Å². The second-order valence-corrected chi connectivity index (χ2v) is 1.16. The standard InChI is InChI=1S/C5H4NO.Y/c7-5-3-1-2-4-6-5;/h1-3H,(H,6,7);/q-1;. The summed E-state index contributed by atoms with van der Waals surface area (Å²) in [7, 11) is 0. The first-order chi connectivity index (χ1) is 3.39. The molecule has 2 nitrogen and oxygen atoms in total. The Balaban J connectivity index is 0.000000490. The maximum absolute atomic E-state index is 10.2. The molecule has 1 aromatic rings. The van der Waals surface area contributed by atoms with Crippen LogP contribution in [0.5, 0.6) is 0 Å². The molecule has 0 bridgehead atoms. The van der Waals surface area contributed by atoms with E-state index in [1.165, 1.54) is 6.07 Å². The van der Waals surface area contributed by atoms with Gasteiger partial charge in [-0.25, -0.2) is 0 Å². The van der Waals surface area contributed by atoms with Gasteiger partial charge in [0.15, 0.2) is 0 Å². The van der Waals surface area contributed by atoms with Crippen LogP contribution in [0.2, 0.25) is 0 Å². The van der Waals surface area contributed by atoms with Crippen LogP contribution < -0.4 is 5.56 Å². The van der Waals surface area contributed by atoms with Gasteiger partial charge in [-0.3, -0.25) is 0 Å². The van der Waals surface area contributed by atoms with Crippen LogP contribution in [0.1, 0.15) is 0 Å². The molecule has 0 amide bonds. The van der Waals surface area contributed by atoms with Gasteiger partial charge in [-0.2, -0.15) is 12.1 Å². The zero-order valence-electron chi connectivity index (χ0n) is 4.22. The van der Waals surface area contributed by atoms with E-state index in [1.54, 1.807) is 12.1 Å². The molecule has 1 heterocycles. The molecule has 39 valence electrons. The Morgan fingerprint density at radius 3 is 2.62 bits per heavy atom. The SMILES string of the molecule is O=c1ccc[c-][nH]1.[Y]. The molecule has 0 aliphatic carbocycles. The van der Waals surface area contributed by atoms with Crippen LogP contribution in [0.15, 0.2) is 23.0 Å². The fraction of sp³-hybridized carbons (Fsp3) is 0. The summed E-state index contributed by atoms with van der Waals surface area (Å²) in [6, 6.07) is 4.72. The van der Waals surface area contributed by atoms with E-state index in [2.05, 4.69) is 11.2 Å². The summed E-state index contributed by atoms with van der Waals surface area (Å²) in [6.07, 6.45) is 2.52. The molecule has 0 spiro atoms. The number of hydrogen-bond acceptors (Lipinski definition) is 1. The van der Waals surface area contributed by atoms with Crippen molar-refractivity contribution in [2.75, 3.05) is 0 Å². The number of H-pyrrole nitrogens is 1. The normalized spacial score (nSPS) is 7.50. The van der Waals surface area contributed by atoms with E-state index in [0.717, 1.165) is 0 Å². The van der Waals surface area contributed by atoms with Crippen molar-refractivity contribution >= 4 is 0 Å². The summed E-state index contributed by atoms with van der Waals surface area (Å²) < 4.78 is 0. The van der Waals surface area contributed by atoms with E-state index in [-0.39, 0.29) is 38.3 Å². The van der Waals surface area contributed by atoms with Gasteiger partial charge in [-0.05, 0) is 0 Å². The number of aromatic nitrogens is 1. The predicted octanol–water partition coefficient (Wildman–Crippen LogP) is 0.173. The van der Waals surface area contributed by atoms with Crippen LogP contribution >= 0.6 is 0 Å². The van der Waals surface area contributed by atoms with Crippen molar-refractivity contribution in [1.82, 2.24) is 4.98 Å². The second-order valence-electron chi connectivity index (χ2n) is 1.16. The zero-order chi connectivity index (χ0) is 5.11. The van der Waals surface area contributed by atoms with Gasteiger partial charge in [0.2, 0.25) is 0 Å². The average molecular weight is 183 g/mol. The molecule has 1 radical (unpaired) electrons. The van der Waals surface area contributed by atoms with Crippen LogP contribution in [0.4, 0.5) is 0 Å². The number of aromatic amines is 1. The first-order valence-electron chi connectivity index (χ1n) is 1.95. The van der Waals surface area contributed by atoms with Crippen LogP contribution in [0.3, 0.4) is 0 Å². The third kappa shape index (κ3) is 2.38. The third-order valence-corrected chi connectivity index (χ3v) is 0.623. The van der Waals surface area contributed by atoms with Gasteiger partial charge in [-0.1, -0.05) is 0 Å². The Bertz CT molecular complexity index is 178. The smallest absolute Gasteiger partial charge is 0.133 e. The van der Waals surface area contributed by atoms with E-state index in [4.69, 9.17) is 0 Å². The van der Waals surface area contributed by atoms with E-state index >= 15 is 0 Å². The van der Waals surface area contributed by atoms with E-state index in [0.29, 0.717) is 0 Å². The van der Waals surface area contributed by atoms with Gasteiger partial charge >= 0.3 is 0 Å². The Morgan fingerprint density at radius 2 is 2.38 bits per heavy atom. The molecule has 0 unspecified atom stereocenters. The largest absolute Gasteiger partial charge is 0.437 e. The summed E-state index contributed by atoms with van der Waals surface area (Å²) in [5.41, 5.74) is -0.109. The van der Waals surface area contributed by atoms with Crippen molar-refractivity contribution in [3.8, 4) is 0 Å². The maximum Gasteiger partial charge on any atom is 0.133 e. The molecule has 0 atom stereocenters. The summed E-state index contributed by atoms with van der Waals surface area (Å²) in [5, 5.41) is 0. The third-order valence-electron chi connectivity index (χ3n) is 0.623. The average Bonchev–Trinajstić information content (AvgIpc) is 1.69. The van der Waals surface area contributed by atoms with Crippen molar-refractivity contribution in [2.45, 2.75) is 0 Å². The molecule has 3 heteroatoms. The van der Waals surface area contributed by atoms with Gasteiger partial charge in [0.1, 0.15) is 5.56 Å². The van der Waals surface area contributed by atoms with E-state index in [9.17, 15) is 4.79 Å². The fourth-order valence-corrected chi connectivity index (χ4v) is 0.338. The Morgan fingerprint density at radius 1 is 1.62 bits per heavy atom. The molecular weight excluding hydrogens is 179 g/mol. The first-order valence-corrected chi connectivity index (χ1v) is 1.95. The van der Waals surface area contributed by atoms with Gasteiger partial charge in [-0.15, -0.1) is 12.3 Å². The summed E-state index contributed by atoms with van der Waals surface area (Å²) in [6.45, 7) is 0. The first kappa shape index (κ1) is 8.05. The van der Waals surface area contributed by atoms with Gasteiger partial charge in [0.05, 0.1) is 0 Å². The van der Waals surface area contributed by atoms with Crippen LogP contribution in [0, 0.1) is 6.20 Å². The summed E-state index contributed by atoms with van der Waals surface area (Å²) in [4.78, 5) is 12.5. The van der Waals surface area contributed by atoms with Gasteiger partial charge < -0.3 is 9.78 Å². The molecule has 0 fully saturated rings. The summed E-state index contributed by atoms with van der Waals surface area (Å²) in [5.74, 6) is 0. The van der Waals surface area contributed by atoms with Gasteiger partial charge in [0, 0.05) is 32.7 Å². The van der Waals surface area contributed by atoms with Crippen molar-refractivity contribution in [3.05, 3.63) is 34.7 Å². The van der Waals surface area contributed by atoms with Crippen molar-refractivity contribution in [3.63, 3.8) is 0 Å². The Kier molecular flexibility index (Phi) is 4.01. The van der Waals surface area contributed by atoms with Crippen molar-refractivity contribution in [1.29, 1.82) is 0 Å². The monoisotopic (exact) mass is 183 g/mol. The number of pyridine rings is 1. The van der Waals surface area contributed by atoms with Gasteiger partial charge in [0.25, 0.3) is 0 Å². The van der Waals surface area contributed by atoms with Crippen LogP contribution in [0.25, 0.3) is 0 Å². The summed E-state index contributed by atoms with van der Waals surface area (Å²) >= 11 is 0. The van der Waals surface area contributed by atoms with Crippen molar-refractivity contribution in [2.24, 2.45) is 0 Å². The molecule has 8 heavy (non-hydrogen) atoms. The van der Waals surface area contributed by atoms with Crippen molar-refractivity contribution < 1.29 is 32.7 Å². The number of hydrogen-bond donors (Lipinski definition) is 1. The number of nitrogens with one attached hydrogen (secondary N) is 1. The molecule has 1 rings (SSSR count). The Hall–Kier alpha value is 0.0539. The minimum Gasteiger partial charge on any atom is -0.437 e. The molecule has 0 aliphatic rings. The molecule has 0 aromatic carbocycles. The second kappa shape index (κ2) is 3.99. The molecule has 1 aromatic heterocycles.